The fraction of sp³-hybridized carbons (Fsp3) is 0.812. The average molecular weight is 278 g/mol. The fourth-order valence-electron chi connectivity index (χ4n) is 2.66. The van der Waals surface area contributed by atoms with Crippen LogP contribution >= 0.6 is 0 Å². The van der Waals surface area contributed by atoms with Gasteiger partial charge in [-0.05, 0) is 24.8 Å². The molecular formula is C16H30N4. The lowest BCUT2D eigenvalue weighted by molar-refractivity contribution is 0.128. The highest BCUT2D eigenvalue weighted by atomic mass is 15.3. The molecule has 2 heterocycles. The van der Waals surface area contributed by atoms with Gasteiger partial charge in [-0.15, -0.1) is 0 Å². The molecule has 0 amide bonds. The molecule has 1 aromatic heterocycles. The van der Waals surface area contributed by atoms with Crippen LogP contribution in [0.5, 0.6) is 0 Å². The number of nitrogens with zero attached hydrogens (tertiary/aromatic N) is 3. The highest BCUT2D eigenvalue weighted by Crippen LogP contribution is 2.22. The quantitative estimate of drug-likeness (QED) is 0.919. The fourth-order valence-corrected chi connectivity index (χ4v) is 2.66. The highest BCUT2D eigenvalue weighted by molar-refractivity contribution is 5.01. The second-order valence-corrected chi connectivity index (χ2v) is 7.15. The SMILES string of the molecule is CCC(C)n1ccc(CN2CCNC(C(C)(C)C)C2)n1. The van der Waals surface area contributed by atoms with Gasteiger partial charge in [-0.1, -0.05) is 27.7 Å². The predicted molar refractivity (Wildman–Crippen MR) is 83.8 cm³/mol. The van der Waals surface area contributed by atoms with Gasteiger partial charge in [0, 0.05) is 44.5 Å². The topological polar surface area (TPSA) is 33.1 Å². The Morgan fingerprint density at radius 2 is 2.20 bits per heavy atom. The Labute approximate surface area is 123 Å². The lowest BCUT2D eigenvalue weighted by Gasteiger charge is -2.40. The number of aromatic nitrogens is 2. The van der Waals surface area contributed by atoms with Crippen LogP contribution in [0.1, 0.15) is 52.8 Å². The molecule has 0 bridgehead atoms. The monoisotopic (exact) mass is 278 g/mol. The number of rotatable bonds is 4. The first-order valence-corrected chi connectivity index (χ1v) is 7.90. The maximum Gasteiger partial charge on any atom is 0.0764 e. The van der Waals surface area contributed by atoms with Crippen LogP contribution in [0, 0.1) is 5.41 Å². The van der Waals surface area contributed by atoms with Gasteiger partial charge in [0.1, 0.15) is 0 Å². The molecule has 2 unspecified atom stereocenters. The van der Waals surface area contributed by atoms with Crippen molar-refractivity contribution in [3.63, 3.8) is 0 Å². The van der Waals surface area contributed by atoms with Gasteiger partial charge in [0.2, 0.25) is 0 Å². The summed E-state index contributed by atoms with van der Waals surface area (Å²) in [4.78, 5) is 2.52. The minimum Gasteiger partial charge on any atom is -0.311 e. The standard InChI is InChI=1S/C16H30N4/c1-6-13(2)20-9-7-14(18-20)11-19-10-8-17-15(12-19)16(3,4)5/h7,9,13,15,17H,6,8,10-12H2,1-5H3. The second-order valence-electron chi connectivity index (χ2n) is 7.15. The van der Waals surface area contributed by atoms with Crippen molar-refractivity contribution in [3.8, 4) is 0 Å². The summed E-state index contributed by atoms with van der Waals surface area (Å²) >= 11 is 0. The zero-order valence-corrected chi connectivity index (χ0v) is 13.7. The van der Waals surface area contributed by atoms with E-state index in [2.05, 4.69) is 61.8 Å². The van der Waals surface area contributed by atoms with Crippen LogP contribution in [0.3, 0.4) is 0 Å². The van der Waals surface area contributed by atoms with Crippen molar-refractivity contribution in [1.82, 2.24) is 20.0 Å². The van der Waals surface area contributed by atoms with Crippen molar-refractivity contribution >= 4 is 0 Å². The molecule has 1 aliphatic heterocycles. The molecule has 114 valence electrons. The average Bonchev–Trinajstić information content (AvgIpc) is 2.85. The van der Waals surface area contributed by atoms with E-state index in [-0.39, 0.29) is 0 Å². The summed E-state index contributed by atoms with van der Waals surface area (Å²) < 4.78 is 2.10. The summed E-state index contributed by atoms with van der Waals surface area (Å²) in [5, 5.41) is 8.36. The summed E-state index contributed by atoms with van der Waals surface area (Å²) in [7, 11) is 0. The van der Waals surface area contributed by atoms with Crippen molar-refractivity contribution in [2.24, 2.45) is 5.41 Å². The molecule has 1 aromatic rings. The van der Waals surface area contributed by atoms with E-state index in [1.807, 2.05) is 0 Å². The largest absolute Gasteiger partial charge is 0.311 e. The van der Waals surface area contributed by atoms with Gasteiger partial charge in [0.25, 0.3) is 0 Å². The van der Waals surface area contributed by atoms with Crippen molar-refractivity contribution in [1.29, 1.82) is 0 Å². The Bertz CT molecular complexity index is 418. The van der Waals surface area contributed by atoms with Gasteiger partial charge >= 0.3 is 0 Å². The van der Waals surface area contributed by atoms with Gasteiger partial charge < -0.3 is 5.32 Å². The summed E-state index contributed by atoms with van der Waals surface area (Å²) in [5.41, 5.74) is 1.51. The highest BCUT2D eigenvalue weighted by Gasteiger charge is 2.29. The van der Waals surface area contributed by atoms with Crippen LogP contribution < -0.4 is 5.32 Å². The number of hydrogen-bond donors (Lipinski definition) is 1. The molecule has 4 nitrogen and oxygen atoms in total. The molecule has 0 aliphatic carbocycles. The van der Waals surface area contributed by atoms with E-state index in [0.717, 1.165) is 32.6 Å². The van der Waals surface area contributed by atoms with Gasteiger partial charge in [-0.3, -0.25) is 9.58 Å². The third-order valence-electron chi connectivity index (χ3n) is 4.40. The van der Waals surface area contributed by atoms with E-state index in [0.29, 0.717) is 17.5 Å². The molecule has 20 heavy (non-hydrogen) atoms. The third kappa shape index (κ3) is 3.83. The molecule has 2 atom stereocenters. The van der Waals surface area contributed by atoms with Crippen LogP contribution in [0.25, 0.3) is 0 Å². The molecule has 1 saturated heterocycles. The van der Waals surface area contributed by atoms with Gasteiger partial charge in [0.05, 0.1) is 5.69 Å². The smallest absolute Gasteiger partial charge is 0.0764 e. The molecule has 0 saturated carbocycles. The molecule has 1 fully saturated rings. The summed E-state index contributed by atoms with van der Waals surface area (Å²) in [6.45, 7) is 15.6. The zero-order valence-electron chi connectivity index (χ0n) is 13.7. The number of nitrogens with one attached hydrogen (secondary N) is 1. The molecule has 0 spiro atoms. The van der Waals surface area contributed by atoms with E-state index in [4.69, 9.17) is 5.10 Å². The molecule has 1 N–H and O–H groups in total. The first-order chi connectivity index (χ1) is 9.40. The van der Waals surface area contributed by atoms with Crippen molar-refractivity contribution in [2.75, 3.05) is 19.6 Å². The van der Waals surface area contributed by atoms with E-state index in [1.54, 1.807) is 0 Å². The summed E-state index contributed by atoms with van der Waals surface area (Å²) in [6, 6.07) is 3.22. The minimum absolute atomic E-state index is 0.314. The van der Waals surface area contributed by atoms with Gasteiger partial charge in [-0.25, -0.2) is 0 Å². The zero-order chi connectivity index (χ0) is 14.8. The van der Waals surface area contributed by atoms with Crippen LogP contribution in [0.4, 0.5) is 0 Å². The first kappa shape index (κ1) is 15.5. The van der Waals surface area contributed by atoms with E-state index < -0.39 is 0 Å². The van der Waals surface area contributed by atoms with E-state index in [1.165, 1.54) is 5.69 Å². The molecule has 1 aliphatic rings. The van der Waals surface area contributed by atoms with Crippen LogP contribution in [-0.4, -0.2) is 40.4 Å². The summed E-state index contributed by atoms with van der Waals surface area (Å²) in [6.07, 6.45) is 3.24. The van der Waals surface area contributed by atoms with Crippen molar-refractivity contribution in [3.05, 3.63) is 18.0 Å². The lowest BCUT2D eigenvalue weighted by atomic mass is 9.85. The van der Waals surface area contributed by atoms with Crippen molar-refractivity contribution in [2.45, 2.75) is 59.7 Å². The van der Waals surface area contributed by atoms with Gasteiger partial charge in [0.15, 0.2) is 0 Å². The maximum atomic E-state index is 4.72. The predicted octanol–water partition coefficient (Wildman–Crippen LogP) is 2.67. The Morgan fingerprint density at radius 3 is 2.85 bits per heavy atom. The lowest BCUT2D eigenvalue weighted by Crippen LogP contribution is -2.55. The minimum atomic E-state index is 0.314. The maximum absolute atomic E-state index is 4.72. The Morgan fingerprint density at radius 1 is 1.45 bits per heavy atom. The normalized spacial score (nSPS) is 22.9. The van der Waals surface area contributed by atoms with Crippen LogP contribution in [0.2, 0.25) is 0 Å². The van der Waals surface area contributed by atoms with Gasteiger partial charge in [-0.2, -0.15) is 5.10 Å². The second kappa shape index (κ2) is 6.27. The molecule has 2 rings (SSSR count). The first-order valence-electron chi connectivity index (χ1n) is 7.90. The van der Waals surface area contributed by atoms with Crippen molar-refractivity contribution < 1.29 is 0 Å². The molecule has 0 radical (unpaired) electrons. The van der Waals surface area contributed by atoms with Crippen LogP contribution in [-0.2, 0) is 6.54 Å². The Hall–Kier alpha value is -0.870. The summed E-state index contributed by atoms with van der Waals surface area (Å²) in [5.74, 6) is 0. The molecule has 0 aromatic carbocycles. The Balaban J connectivity index is 1.94. The molecule has 4 heteroatoms. The number of piperazine rings is 1. The molecular weight excluding hydrogens is 248 g/mol. The van der Waals surface area contributed by atoms with Crippen LogP contribution in [0.15, 0.2) is 12.3 Å². The number of hydrogen-bond acceptors (Lipinski definition) is 3. The Kier molecular flexibility index (Phi) is 4.86. The third-order valence-corrected chi connectivity index (χ3v) is 4.40. The van der Waals surface area contributed by atoms with E-state index in [9.17, 15) is 0 Å². The van der Waals surface area contributed by atoms with E-state index >= 15 is 0 Å².